The van der Waals surface area contributed by atoms with Gasteiger partial charge in [0.25, 0.3) is 0 Å². The first-order chi connectivity index (χ1) is 7.47. The molecule has 0 aliphatic heterocycles. The van der Waals surface area contributed by atoms with Crippen LogP contribution >= 0.6 is 11.6 Å². The molecule has 0 aromatic heterocycles. The highest BCUT2D eigenvalue weighted by molar-refractivity contribution is 6.30. The number of halogens is 1. The molecule has 0 saturated carbocycles. The molecule has 16 heavy (non-hydrogen) atoms. The van der Waals surface area contributed by atoms with Crippen LogP contribution in [-0.2, 0) is 0 Å². The molecule has 0 radical (unpaired) electrons. The van der Waals surface area contributed by atoms with Crippen LogP contribution in [0, 0.1) is 0 Å². The van der Waals surface area contributed by atoms with Gasteiger partial charge in [0.1, 0.15) is 5.75 Å². The Bertz CT molecular complexity index is 332. The van der Waals surface area contributed by atoms with Gasteiger partial charge in [-0.25, -0.2) is 0 Å². The van der Waals surface area contributed by atoms with Gasteiger partial charge in [0.15, 0.2) is 0 Å². The second-order valence-electron chi connectivity index (χ2n) is 4.29. The summed E-state index contributed by atoms with van der Waals surface area (Å²) in [6, 6.07) is 3.78. The summed E-state index contributed by atoms with van der Waals surface area (Å²) in [6.45, 7) is 8.81. The molecule has 3 heteroatoms. The number of benzene rings is 1. The smallest absolute Gasteiger partial charge is 0.127 e. The Balaban J connectivity index is 3.35. The number of ether oxygens (including phenoxy) is 1. The van der Waals surface area contributed by atoms with Gasteiger partial charge >= 0.3 is 0 Å². The quantitative estimate of drug-likeness (QED) is 0.868. The van der Waals surface area contributed by atoms with Crippen LogP contribution in [0.2, 0.25) is 5.02 Å². The predicted molar refractivity (Wildman–Crippen MR) is 69.3 cm³/mol. The normalized spacial score (nSPS) is 12.9. The zero-order chi connectivity index (χ0) is 12.3. The van der Waals surface area contributed by atoms with E-state index in [9.17, 15) is 0 Å². The van der Waals surface area contributed by atoms with Gasteiger partial charge in [-0.3, -0.25) is 0 Å². The van der Waals surface area contributed by atoms with E-state index < -0.39 is 0 Å². The average Bonchev–Trinajstić information content (AvgIpc) is 2.19. The Morgan fingerprint density at radius 1 is 1.25 bits per heavy atom. The monoisotopic (exact) mass is 241 g/mol. The van der Waals surface area contributed by atoms with Crippen LogP contribution in [0.25, 0.3) is 0 Å². The Morgan fingerprint density at radius 2 is 1.81 bits per heavy atom. The minimum Gasteiger partial charge on any atom is -0.493 e. The fraction of sp³-hybridized carbons (Fsp3) is 0.538. The van der Waals surface area contributed by atoms with Crippen LogP contribution in [0.1, 0.15) is 50.8 Å². The molecule has 1 unspecified atom stereocenters. The summed E-state index contributed by atoms with van der Waals surface area (Å²) in [4.78, 5) is 0. The van der Waals surface area contributed by atoms with Crippen molar-refractivity contribution in [2.75, 3.05) is 6.61 Å². The van der Waals surface area contributed by atoms with Crippen LogP contribution in [-0.4, -0.2) is 6.61 Å². The maximum Gasteiger partial charge on any atom is 0.127 e. The van der Waals surface area contributed by atoms with Crippen molar-refractivity contribution < 1.29 is 4.74 Å². The molecular formula is C13H20ClNO. The van der Waals surface area contributed by atoms with Crippen LogP contribution in [0.5, 0.6) is 5.75 Å². The van der Waals surface area contributed by atoms with E-state index in [0.717, 1.165) is 21.9 Å². The maximum absolute atomic E-state index is 6.10. The zero-order valence-corrected chi connectivity index (χ0v) is 11.1. The summed E-state index contributed by atoms with van der Waals surface area (Å²) in [5.41, 5.74) is 8.05. The summed E-state index contributed by atoms with van der Waals surface area (Å²) in [5, 5.41) is 0.722. The lowest BCUT2D eigenvalue weighted by Crippen LogP contribution is -2.10. The number of nitrogens with two attached hydrogens (primary N) is 1. The molecule has 1 rings (SSSR count). The average molecular weight is 242 g/mol. The second kappa shape index (κ2) is 5.55. The van der Waals surface area contributed by atoms with Gasteiger partial charge in [0.05, 0.1) is 6.61 Å². The van der Waals surface area contributed by atoms with Crippen molar-refractivity contribution in [2.45, 2.75) is 39.7 Å². The highest BCUT2D eigenvalue weighted by Gasteiger charge is 2.16. The topological polar surface area (TPSA) is 35.2 Å². The van der Waals surface area contributed by atoms with E-state index in [-0.39, 0.29) is 6.04 Å². The summed E-state index contributed by atoms with van der Waals surface area (Å²) < 4.78 is 5.71. The second-order valence-corrected chi connectivity index (χ2v) is 4.73. The van der Waals surface area contributed by atoms with Gasteiger partial charge < -0.3 is 10.5 Å². The van der Waals surface area contributed by atoms with E-state index in [4.69, 9.17) is 22.1 Å². The Hall–Kier alpha value is -0.730. The molecule has 0 aliphatic rings. The summed E-state index contributed by atoms with van der Waals surface area (Å²) in [6.07, 6.45) is 0. The standard InChI is InChI=1S/C13H20ClNO/c1-5-16-13-11(8(2)3)6-10(14)7-12(13)9(4)15/h6-9H,5,15H2,1-4H3. The Morgan fingerprint density at radius 3 is 2.25 bits per heavy atom. The molecule has 2 nitrogen and oxygen atoms in total. The van der Waals surface area contributed by atoms with Gasteiger partial charge in [0.2, 0.25) is 0 Å². The van der Waals surface area contributed by atoms with E-state index >= 15 is 0 Å². The van der Waals surface area contributed by atoms with Crippen LogP contribution in [0.15, 0.2) is 12.1 Å². The van der Waals surface area contributed by atoms with Crippen molar-refractivity contribution in [3.63, 3.8) is 0 Å². The van der Waals surface area contributed by atoms with Gasteiger partial charge in [-0.2, -0.15) is 0 Å². The third kappa shape index (κ3) is 2.89. The first-order valence-corrected chi connectivity index (χ1v) is 6.06. The van der Waals surface area contributed by atoms with Gasteiger partial charge in [-0.05, 0) is 37.5 Å². The first-order valence-electron chi connectivity index (χ1n) is 5.69. The molecule has 1 atom stereocenters. The minimum atomic E-state index is -0.0715. The fourth-order valence-electron chi connectivity index (χ4n) is 1.71. The highest BCUT2D eigenvalue weighted by Crippen LogP contribution is 2.36. The molecule has 0 fully saturated rings. The van der Waals surface area contributed by atoms with E-state index in [1.54, 1.807) is 0 Å². The van der Waals surface area contributed by atoms with Crippen LogP contribution in [0.4, 0.5) is 0 Å². The zero-order valence-electron chi connectivity index (χ0n) is 10.4. The van der Waals surface area contributed by atoms with Crippen molar-refractivity contribution in [2.24, 2.45) is 5.73 Å². The Kier molecular flexibility index (Phi) is 4.63. The van der Waals surface area contributed by atoms with Crippen molar-refractivity contribution in [3.05, 3.63) is 28.3 Å². The van der Waals surface area contributed by atoms with Crippen LogP contribution < -0.4 is 10.5 Å². The molecule has 2 N–H and O–H groups in total. The molecule has 0 aliphatic carbocycles. The minimum absolute atomic E-state index is 0.0715. The first kappa shape index (κ1) is 13.3. The third-order valence-electron chi connectivity index (χ3n) is 2.51. The molecule has 1 aromatic rings. The van der Waals surface area contributed by atoms with E-state index in [1.807, 2.05) is 26.0 Å². The van der Waals surface area contributed by atoms with E-state index in [0.29, 0.717) is 12.5 Å². The SMILES string of the molecule is CCOc1c(C(C)C)cc(Cl)cc1C(C)N. The molecular weight excluding hydrogens is 222 g/mol. The van der Waals surface area contributed by atoms with Crippen molar-refractivity contribution in [1.29, 1.82) is 0 Å². The molecule has 0 spiro atoms. The van der Waals surface area contributed by atoms with Crippen molar-refractivity contribution in [1.82, 2.24) is 0 Å². The summed E-state index contributed by atoms with van der Waals surface area (Å²) in [5.74, 6) is 1.27. The number of hydrogen-bond donors (Lipinski definition) is 1. The van der Waals surface area contributed by atoms with Gasteiger partial charge in [-0.15, -0.1) is 0 Å². The van der Waals surface area contributed by atoms with E-state index in [2.05, 4.69) is 13.8 Å². The Labute approximate surface area is 103 Å². The maximum atomic E-state index is 6.10. The molecule has 0 saturated heterocycles. The lowest BCUT2D eigenvalue weighted by atomic mass is 9.96. The molecule has 90 valence electrons. The number of rotatable bonds is 4. The summed E-state index contributed by atoms with van der Waals surface area (Å²) >= 11 is 6.10. The number of hydrogen-bond acceptors (Lipinski definition) is 2. The lowest BCUT2D eigenvalue weighted by Gasteiger charge is -2.19. The van der Waals surface area contributed by atoms with Crippen LogP contribution in [0.3, 0.4) is 0 Å². The van der Waals surface area contributed by atoms with Gasteiger partial charge in [-0.1, -0.05) is 25.4 Å². The lowest BCUT2D eigenvalue weighted by molar-refractivity contribution is 0.329. The highest BCUT2D eigenvalue weighted by atomic mass is 35.5. The van der Waals surface area contributed by atoms with Crippen molar-refractivity contribution in [3.8, 4) is 5.75 Å². The van der Waals surface area contributed by atoms with E-state index in [1.165, 1.54) is 0 Å². The fourth-order valence-corrected chi connectivity index (χ4v) is 1.95. The third-order valence-corrected chi connectivity index (χ3v) is 2.73. The predicted octanol–water partition coefficient (Wildman–Crippen LogP) is 3.88. The largest absolute Gasteiger partial charge is 0.493 e. The summed E-state index contributed by atoms with van der Waals surface area (Å²) in [7, 11) is 0. The van der Waals surface area contributed by atoms with Crippen molar-refractivity contribution >= 4 is 11.6 Å². The molecule has 1 aromatic carbocycles. The van der Waals surface area contributed by atoms with Gasteiger partial charge in [0, 0.05) is 16.6 Å². The molecule has 0 bridgehead atoms. The molecule has 0 amide bonds. The molecule has 0 heterocycles.